The Morgan fingerprint density at radius 3 is 2.65 bits per heavy atom. The van der Waals surface area contributed by atoms with Crippen LogP contribution in [0.25, 0.3) is 0 Å². The average molecular weight is 280 g/mol. The van der Waals surface area contributed by atoms with Crippen LogP contribution in [0.15, 0.2) is 17.1 Å². The highest BCUT2D eigenvalue weighted by molar-refractivity contribution is 5.25. The van der Waals surface area contributed by atoms with Gasteiger partial charge in [-0.15, -0.1) is 0 Å². The smallest absolute Gasteiger partial charge is 0.223 e. The van der Waals surface area contributed by atoms with Crippen molar-refractivity contribution in [2.75, 3.05) is 32.8 Å². The lowest BCUT2D eigenvalue weighted by Gasteiger charge is -2.26. The number of pyridine rings is 1. The number of aromatic nitrogens is 1. The number of hydrogen-bond acceptors (Lipinski definition) is 4. The molecule has 2 heterocycles. The minimum Gasteiger partial charge on any atom is -0.503 e. The maximum Gasteiger partial charge on any atom is 0.223 e. The number of ether oxygens (including phenoxy) is 1. The molecule has 2 rings (SSSR count). The van der Waals surface area contributed by atoms with E-state index in [9.17, 15) is 9.90 Å². The van der Waals surface area contributed by atoms with Crippen LogP contribution in [0.1, 0.15) is 25.0 Å². The summed E-state index contributed by atoms with van der Waals surface area (Å²) in [5.74, 6) is -0.124. The van der Waals surface area contributed by atoms with Crippen LogP contribution >= 0.6 is 0 Å². The Morgan fingerprint density at radius 2 is 1.90 bits per heavy atom. The zero-order valence-corrected chi connectivity index (χ0v) is 12.2. The quantitative estimate of drug-likeness (QED) is 0.800. The highest BCUT2D eigenvalue weighted by atomic mass is 16.5. The highest BCUT2D eigenvalue weighted by Gasteiger charge is 2.09. The van der Waals surface area contributed by atoms with Gasteiger partial charge in [0.2, 0.25) is 5.43 Å². The average Bonchev–Trinajstić information content (AvgIpc) is 2.48. The summed E-state index contributed by atoms with van der Waals surface area (Å²) >= 11 is 0. The minimum atomic E-state index is -0.300. The number of rotatable bonds is 6. The van der Waals surface area contributed by atoms with Crippen molar-refractivity contribution in [3.63, 3.8) is 0 Å². The fraction of sp³-hybridized carbons (Fsp3) is 0.667. The van der Waals surface area contributed by atoms with Gasteiger partial charge in [-0.05, 0) is 26.3 Å². The Balaban J connectivity index is 1.68. The van der Waals surface area contributed by atoms with E-state index in [-0.39, 0.29) is 11.2 Å². The summed E-state index contributed by atoms with van der Waals surface area (Å²) < 4.78 is 7.27. The Morgan fingerprint density at radius 1 is 1.20 bits per heavy atom. The molecule has 0 spiro atoms. The molecule has 1 aromatic heterocycles. The maximum absolute atomic E-state index is 11.3. The lowest BCUT2D eigenvalue weighted by molar-refractivity contribution is 0.0371. The van der Waals surface area contributed by atoms with Gasteiger partial charge >= 0.3 is 0 Å². The topological polar surface area (TPSA) is 54.7 Å². The molecule has 0 aromatic carbocycles. The van der Waals surface area contributed by atoms with Crippen LogP contribution in [-0.2, 0) is 11.3 Å². The summed E-state index contributed by atoms with van der Waals surface area (Å²) in [6.07, 6.45) is 5.17. The van der Waals surface area contributed by atoms with E-state index in [1.807, 2.05) is 4.57 Å². The van der Waals surface area contributed by atoms with Crippen LogP contribution in [-0.4, -0.2) is 47.4 Å². The normalized spacial score (nSPS) is 16.4. The lowest BCUT2D eigenvalue weighted by atomic mass is 10.2. The lowest BCUT2D eigenvalue weighted by Crippen LogP contribution is -2.36. The first-order chi connectivity index (χ1) is 9.68. The molecule has 20 heavy (non-hydrogen) atoms. The fourth-order valence-corrected chi connectivity index (χ4v) is 2.52. The van der Waals surface area contributed by atoms with Gasteiger partial charge in [0.05, 0.1) is 18.9 Å². The number of morpholine rings is 1. The van der Waals surface area contributed by atoms with E-state index < -0.39 is 0 Å². The highest BCUT2D eigenvalue weighted by Crippen LogP contribution is 2.11. The molecule has 1 aromatic rings. The second kappa shape index (κ2) is 7.45. The molecule has 0 bridgehead atoms. The van der Waals surface area contributed by atoms with Gasteiger partial charge in [0.25, 0.3) is 0 Å². The molecule has 5 heteroatoms. The molecule has 112 valence electrons. The first-order valence-corrected chi connectivity index (χ1v) is 7.37. The summed E-state index contributed by atoms with van der Waals surface area (Å²) in [6.45, 7) is 7.58. The molecular weight excluding hydrogens is 256 g/mol. The molecule has 0 saturated carbocycles. The summed E-state index contributed by atoms with van der Waals surface area (Å²) in [7, 11) is 0. The van der Waals surface area contributed by atoms with E-state index in [0.717, 1.165) is 52.2 Å². The third-order valence-electron chi connectivity index (χ3n) is 3.89. The van der Waals surface area contributed by atoms with Crippen LogP contribution in [0, 0.1) is 6.92 Å². The van der Waals surface area contributed by atoms with Crippen LogP contribution in [0.3, 0.4) is 0 Å². The van der Waals surface area contributed by atoms with Crippen molar-refractivity contribution in [2.45, 2.75) is 32.7 Å². The van der Waals surface area contributed by atoms with Gasteiger partial charge in [-0.25, -0.2) is 0 Å². The van der Waals surface area contributed by atoms with Crippen molar-refractivity contribution in [3.05, 3.63) is 28.2 Å². The fourth-order valence-electron chi connectivity index (χ4n) is 2.52. The molecule has 0 atom stereocenters. The Labute approximate surface area is 119 Å². The van der Waals surface area contributed by atoms with Crippen molar-refractivity contribution >= 4 is 0 Å². The Bertz CT molecular complexity index is 478. The zero-order chi connectivity index (χ0) is 14.4. The molecule has 1 aliphatic heterocycles. The van der Waals surface area contributed by atoms with Crippen molar-refractivity contribution in [3.8, 4) is 5.75 Å². The van der Waals surface area contributed by atoms with Crippen molar-refractivity contribution in [1.82, 2.24) is 9.47 Å². The number of aromatic hydroxyl groups is 1. The first-order valence-electron chi connectivity index (χ1n) is 7.37. The van der Waals surface area contributed by atoms with Gasteiger partial charge in [-0.1, -0.05) is 6.42 Å². The Hall–Kier alpha value is -1.33. The summed E-state index contributed by atoms with van der Waals surface area (Å²) in [6, 6.07) is 1.43. The van der Waals surface area contributed by atoms with Gasteiger partial charge in [0, 0.05) is 31.9 Å². The number of hydrogen-bond donors (Lipinski definition) is 1. The monoisotopic (exact) mass is 280 g/mol. The van der Waals surface area contributed by atoms with Crippen molar-refractivity contribution < 1.29 is 9.84 Å². The molecule has 1 fully saturated rings. The van der Waals surface area contributed by atoms with Gasteiger partial charge in [0.1, 0.15) is 0 Å². The SMILES string of the molecule is Cc1c(O)c(=O)ccn1CCCCCN1CCOCC1. The second-order valence-corrected chi connectivity index (χ2v) is 5.32. The van der Waals surface area contributed by atoms with E-state index in [1.165, 1.54) is 12.5 Å². The second-order valence-electron chi connectivity index (χ2n) is 5.32. The molecule has 0 amide bonds. The van der Waals surface area contributed by atoms with Gasteiger partial charge in [-0.2, -0.15) is 0 Å². The predicted octanol–water partition coefficient (Wildman–Crippen LogP) is 1.36. The zero-order valence-electron chi connectivity index (χ0n) is 12.2. The van der Waals surface area contributed by atoms with Gasteiger partial charge < -0.3 is 14.4 Å². The number of aryl methyl sites for hydroxylation is 1. The van der Waals surface area contributed by atoms with Crippen LogP contribution in [0.5, 0.6) is 5.75 Å². The summed E-state index contributed by atoms with van der Waals surface area (Å²) in [5.41, 5.74) is 0.358. The molecule has 1 saturated heterocycles. The molecule has 1 N–H and O–H groups in total. The molecule has 0 radical (unpaired) electrons. The standard InChI is InChI=1S/C15H24N2O3/c1-13-15(19)14(18)5-8-17(13)7-4-2-3-6-16-9-11-20-12-10-16/h5,8,19H,2-4,6-7,9-12H2,1H3. The van der Waals surface area contributed by atoms with E-state index in [4.69, 9.17) is 4.74 Å². The molecular formula is C15H24N2O3. The summed E-state index contributed by atoms with van der Waals surface area (Å²) in [4.78, 5) is 13.7. The van der Waals surface area contributed by atoms with Crippen LogP contribution < -0.4 is 5.43 Å². The minimum absolute atomic E-state index is 0.124. The Kier molecular flexibility index (Phi) is 5.61. The predicted molar refractivity (Wildman–Crippen MR) is 78.2 cm³/mol. The van der Waals surface area contributed by atoms with E-state index in [1.54, 1.807) is 13.1 Å². The van der Waals surface area contributed by atoms with Crippen molar-refractivity contribution in [2.24, 2.45) is 0 Å². The molecule has 0 unspecified atom stereocenters. The first kappa shape index (κ1) is 15.1. The number of nitrogens with zero attached hydrogens (tertiary/aromatic N) is 2. The maximum atomic E-state index is 11.3. The van der Waals surface area contributed by atoms with Crippen molar-refractivity contribution in [1.29, 1.82) is 0 Å². The van der Waals surface area contributed by atoms with E-state index in [2.05, 4.69) is 4.90 Å². The van der Waals surface area contributed by atoms with Crippen LogP contribution in [0.2, 0.25) is 0 Å². The number of unbranched alkanes of at least 4 members (excludes halogenated alkanes) is 2. The molecule has 1 aliphatic rings. The third-order valence-corrected chi connectivity index (χ3v) is 3.89. The van der Waals surface area contributed by atoms with E-state index >= 15 is 0 Å². The molecule has 5 nitrogen and oxygen atoms in total. The van der Waals surface area contributed by atoms with Crippen LogP contribution in [0.4, 0.5) is 0 Å². The summed E-state index contributed by atoms with van der Waals surface area (Å²) in [5, 5.41) is 9.61. The van der Waals surface area contributed by atoms with Gasteiger partial charge in [0.15, 0.2) is 5.75 Å². The third kappa shape index (κ3) is 4.08. The molecule has 0 aliphatic carbocycles. The van der Waals surface area contributed by atoms with E-state index in [0.29, 0.717) is 5.69 Å². The largest absolute Gasteiger partial charge is 0.503 e. The van der Waals surface area contributed by atoms with Gasteiger partial charge in [-0.3, -0.25) is 9.69 Å².